The van der Waals surface area contributed by atoms with E-state index in [1.165, 1.54) is 29.3 Å². The predicted octanol–water partition coefficient (Wildman–Crippen LogP) is 2.96. The highest BCUT2D eigenvalue weighted by Crippen LogP contribution is 2.44. The van der Waals surface area contributed by atoms with E-state index in [1.54, 1.807) is 6.26 Å². The number of benzene rings is 1. The number of carbonyl (C=O) groups excluding carboxylic acids is 1. The summed E-state index contributed by atoms with van der Waals surface area (Å²) in [7, 11) is 1.44. The van der Waals surface area contributed by atoms with Gasteiger partial charge in [0.15, 0.2) is 6.04 Å². The maximum atomic E-state index is 12.3. The molecule has 5 nitrogen and oxygen atoms in total. The lowest BCUT2D eigenvalue weighted by Crippen LogP contribution is -2.45. The lowest BCUT2D eigenvalue weighted by atomic mass is 9.74. The molecule has 3 aliphatic heterocycles. The number of hydrogen-bond acceptors (Lipinski definition) is 3. The van der Waals surface area contributed by atoms with Crippen LogP contribution in [0.1, 0.15) is 30.6 Å². The third kappa shape index (κ3) is 2.16. The van der Waals surface area contributed by atoms with Crippen LogP contribution in [0.2, 0.25) is 0 Å². The molecule has 0 saturated carbocycles. The van der Waals surface area contributed by atoms with E-state index in [2.05, 4.69) is 47.0 Å². The second kappa shape index (κ2) is 5.73. The third-order valence-electron chi connectivity index (χ3n) is 6.28. The van der Waals surface area contributed by atoms with E-state index in [4.69, 9.17) is 9.47 Å². The third-order valence-corrected chi connectivity index (χ3v) is 6.28. The molecule has 0 bridgehead atoms. The number of aromatic nitrogens is 1. The molecular formula is C21H23N2O3+. The Morgan fingerprint density at radius 2 is 2.19 bits per heavy atom. The van der Waals surface area contributed by atoms with E-state index in [-0.39, 0.29) is 30.0 Å². The van der Waals surface area contributed by atoms with Crippen LogP contribution in [0.4, 0.5) is 0 Å². The monoisotopic (exact) mass is 351 g/mol. The fraction of sp³-hybridized carbons (Fsp3) is 0.429. The Labute approximate surface area is 152 Å². The molecule has 3 aliphatic rings. The molecule has 1 aromatic carbocycles. The highest BCUT2D eigenvalue weighted by atomic mass is 16.5. The lowest BCUT2D eigenvalue weighted by Gasteiger charge is -2.38. The number of para-hydroxylation sites is 1. The van der Waals surface area contributed by atoms with Crippen molar-refractivity contribution < 1.29 is 18.8 Å². The SMILES string of the molecule is COC(=O)C1=CO[C@H](C)[C@H]2C=[N+]3CCc4c([nH]c5ccccc45)[C@@H]3C[C@H]12. The van der Waals surface area contributed by atoms with Crippen molar-refractivity contribution in [2.24, 2.45) is 11.8 Å². The number of H-pyrrole nitrogens is 1. The van der Waals surface area contributed by atoms with Gasteiger partial charge in [-0.15, -0.1) is 0 Å². The van der Waals surface area contributed by atoms with E-state index < -0.39 is 0 Å². The van der Waals surface area contributed by atoms with Gasteiger partial charge in [-0.05, 0) is 18.6 Å². The first kappa shape index (κ1) is 15.7. The molecule has 26 heavy (non-hydrogen) atoms. The summed E-state index contributed by atoms with van der Waals surface area (Å²) in [5.41, 5.74) is 4.59. The summed E-state index contributed by atoms with van der Waals surface area (Å²) in [5.74, 6) is 0.0579. The summed E-state index contributed by atoms with van der Waals surface area (Å²) in [6.45, 7) is 3.09. The standard InChI is InChI=1S/C21H23N2O3/c1-12-16-10-23-8-7-14-13-5-3-4-6-18(13)22-20(14)19(23)9-15(16)17(11-26-12)21(24)25-2/h3-6,10-12,15-16,19,22H,7-9H2,1-2H3/q+1/t12-,15+,16-,19+/m1/s1. The van der Waals surface area contributed by atoms with Crippen molar-refractivity contribution in [3.05, 3.63) is 47.4 Å². The summed E-state index contributed by atoms with van der Waals surface area (Å²) in [4.78, 5) is 15.9. The van der Waals surface area contributed by atoms with Crippen LogP contribution in [0.5, 0.6) is 0 Å². The Morgan fingerprint density at radius 1 is 1.35 bits per heavy atom. The number of nitrogens with zero attached hydrogens (tertiary/aromatic N) is 1. The Hall–Kier alpha value is -2.56. The molecular weight excluding hydrogens is 328 g/mol. The van der Waals surface area contributed by atoms with E-state index in [0.717, 1.165) is 19.4 Å². The van der Waals surface area contributed by atoms with Gasteiger partial charge >= 0.3 is 5.97 Å². The smallest absolute Gasteiger partial charge is 0.337 e. The fourth-order valence-corrected chi connectivity index (χ4v) is 4.95. The van der Waals surface area contributed by atoms with Crippen molar-refractivity contribution in [3.63, 3.8) is 0 Å². The quantitative estimate of drug-likeness (QED) is 0.635. The first-order valence-corrected chi connectivity index (χ1v) is 9.31. The van der Waals surface area contributed by atoms with Crippen molar-refractivity contribution in [2.45, 2.75) is 31.9 Å². The molecule has 0 amide bonds. The molecule has 0 spiro atoms. The van der Waals surface area contributed by atoms with Crippen molar-refractivity contribution in [1.29, 1.82) is 0 Å². The molecule has 0 radical (unpaired) electrons. The van der Waals surface area contributed by atoms with Crippen LogP contribution in [-0.2, 0) is 20.7 Å². The number of aromatic amines is 1. The number of nitrogens with one attached hydrogen (secondary N) is 1. The number of ether oxygens (including phenoxy) is 2. The predicted molar refractivity (Wildman–Crippen MR) is 98.2 cm³/mol. The molecule has 1 aromatic heterocycles. The van der Waals surface area contributed by atoms with Crippen molar-refractivity contribution in [1.82, 2.24) is 4.98 Å². The van der Waals surface area contributed by atoms with Crippen LogP contribution >= 0.6 is 0 Å². The maximum absolute atomic E-state index is 12.3. The molecule has 5 rings (SSSR count). The van der Waals surface area contributed by atoms with E-state index in [0.29, 0.717) is 5.57 Å². The highest BCUT2D eigenvalue weighted by molar-refractivity contribution is 5.90. The van der Waals surface area contributed by atoms with Gasteiger partial charge in [-0.2, -0.15) is 0 Å². The minimum absolute atomic E-state index is 0.0680. The molecule has 134 valence electrons. The zero-order valence-electron chi connectivity index (χ0n) is 15.1. The number of hydrogen-bond donors (Lipinski definition) is 1. The van der Waals surface area contributed by atoms with Crippen LogP contribution in [0, 0.1) is 11.8 Å². The van der Waals surface area contributed by atoms with Gasteiger partial charge in [0, 0.05) is 29.7 Å². The van der Waals surface area contributed by atoms with Crippen molar-refractivity contribution >= 4 is 23.1 Å². The fourth-order valence-electron chi connectivity index (χ4n) is 4.95. The summed E-state index contributed by atoms with van der Waals surface area (Å²) in [6.07, 6.45) is 5.93. The summed E-state index contributed by atoms with van der Waals surface area (Å²) in [5, 5.41) is 1.33. The molecule has 0 saturated heterocycles. The average molecular weight is 351 g/mol. The minimum atomic E-state index is -0.276. The van der Waals surface area contributed by atoms with Crippen molar-refractivity contribution in [2.75, 3.05) is 13.7 Å². The Bertz CT molecular complexity index is 955. The highest BCUT2D eigenvalue weighted by Gasteiger charge is 2.48. The van der Waals surface area contributed by atoms with Crippen molar-refractivity contribution in [3.8, 4) is 0 Å². The first-order valence-electron chi connectivity index (χ1n) is 9.31. The number of esters is 1. The largest absolute Gasteiger partial charge is 0.497 e. The maximum Gasteiger partial charge on any atom is 0.337 e. The lowest BCUT2D eigenvalue weighted by molar-refractivity contribution is -0.582. The molecule has 4 heterocycles. The minimum Gasteiger partial charge on any atom is -0.497 e. The molecule has 0 unspecified atom stereocenters. The molecule has 1 N–H and O–H groups in total. The topological polar surface area (TPSA) is 54.3 Å². The van der Waals surface area contributed by atoms with Crippen LogP contribution < -0.4 is 0 Å². The van der Waals surface area contributed by atoms with E-state index in [1.807, 2.05) is 0 Å². The van der Waals surface area contributed by atoms with Crippen LogP contribution in [-0.4, -0.2) is 41.5 Å². The molecule has 5 heteroatoms. The van der Waals surface area contributed by atoms with Crippen LogP contribution in [0.15, 0.2) is 36.1 Å². The Balaban J connectivity index is 1.60. The zero-order chi connectivity index (χ0) is 17.8. The van der Waals surface area contributed by atoms with Gasteiger partial charge < -0.3 is 14.5 Å². The van der Waals surface area contributed by atoms with E-state index in [9.17, 15) is 4.79 Å². The van der Waals surface area contributed by atoms with Crippen LogP contribution in [0.3, 0.4) is 0 Å². The van der Waals surface area contributed by atoms with Gasteiger partial charge in [-0.25, -0.2) is 9.37 Å². The normalized spacial score (nSPS) is 29.6. The average Bonchev–Trinajstić information content (AvgIpc) is 3.06. The molecule has 2 aromatic rings. The van der Waals surface area contributed by atoms with Gasteiger partial charge in [-0.3, -0.25) is 0 Å². The summed E-state index contributed by atoms with van der Waals surface area (Å²) >= 11 is 0. The second-order valence-corrected chi connectivity index (χ2v) is 7.54. The number of rotatable bonds is 1. The summed E-state index contributed by atoms with van der Waals surface area (Å²) < 4.78 is 13.2. The Kier molecular flexibility index (Phi) is 3.45. The van der Waals surface area contributed by atoms with E-state index >= 15 is 0 Å². The molecule has 4 atom stereocenters. The number of methoxy groups -OCH3 is 1. The molecule has 0 fully saturated rings. The number of carbonyl (C=O) groups is 1. The summed E-state index contributed by atoms with van der Waals surface area (Å²) in [6, 6.07) is 8.79. The second-order valence-electron chi connectivity index (χ2n) is 7.54. The van der Waals surface area contributed by atoms with Gasteiger partial charge in [0.2, 0.25) is 0 Å². The zero-order valence-corrected chi connectivity index (χ0v) is 15.1. The Morgan fingerprint density at radius 3 is 3.04 bits per heavy atom. The number of fused-ring (bicyclic) bond motifs is 6. The van der Waals surface area contributed by atoms with Gasteiger partial charge in [0.1, 0.15) is 18.9 Å². The van der Waals surface area contributed by atoms with Gasteiger partial charge in [-0.1, -0.05) is 18.2 Å². The van der Waals surface area contributed by atoms with Gasteiger partial charge in [0.05, 0.1) is 30.6 Å². The first-order chi connectivity index (χ1) is 12.7. The molecule has 0 aliphatic carbocycles. The van der Waals surface area contributed by atoms with Crippen LogP contribution in [0.25, 0.3) is 10.9 Å². The van der Waals surface area contributed by atoms with Gasteiger partial charge in [0.25, 0.3) is 0 Å².